The minimum absolute atomic E-state index is 0.177. The summed E-state index contributed by atoms with van der Waals surface area (Å²) in [7, 11) is -3.45. The highest BCUT2D eigenvalue weighted by atomic mass is 35.5. The van der Waals surface area contributed by atoms with Crippen molar-refractivity contribution in [1.82, 2.24) is 0 Å². The van der Waals surface area contributed by atoms with Gasteiger partial charge in [-0.15, -0.1) is 0 Å². The number of carbonyl (C=O) groups is 1. The maximum atomic E-state index is 12.5. The zero-order chi connectivity index (χ0) is 17.9. The molecule has 0 aliphatic carbocycles. The maximum Gasteiger partial charge on any atom is 0.257 e. The highest BCUT2D eigenvalue weighted by Gasteiger charge is 2.19. The van der Waals surface area contributed by atoms with Crippen LogP contribution in [0.2, 0.25) is 10.0 Å². The number of benzene rings is 2. The molecule has 128 valence electrons. The standard InChI is InChI=1S/C16H16Cl2N2O3S/c1-3-20(24(2,22)23)13-7-8-15(18)14(10-13)16(21)19-12-6-4-5-11(17)9-12/h4-10H,3H2,1-2H3,(H,19,21). The normalized spacial score (nSPS) is 11.2. The van der Waals surface area contributed by atoms with Crippen molar-refractivity contribution in [3.8, 4) is 0 Å². The average molecular weight is 387 g/mol. The first-order valence-corrected chi connectivity index (χ1v) is 9.67. The minimum Gasteiger partial charge on any atom is -0.322 e. The van der Waals surface area contributed by atoms with Crippen LogP contribution in [-0.4, -0.2) is 27.1 Å². The van der Waals surface area contributed by atoms with E-state index in [1.807, 2.05) is 0 Å². The van der Waals surface area contributed by atoms with Crippen LogP contribution in [0, 0.1) is 0 Å². The number of anilines is 2. The Balaban J connectivity index is 2.36. The van der Waals surface area contributed by atoms with Crippen LogP contribution in [0.4, 0.5) is 11.4 Å². The number of hydrogen-bond donors (Lipinski definition) is 1. The van der Waals surface area contributed by atoms with Crippen molar-refractivity contribution in [2.24, 2.45) is 0 Å². The lowest BCUT2D eigenvalue weighted by atomic mass is 10.1. The van der Waals surface area contributed by atoms with E-state index < -0.39 is 15.9 Å². The Morgan fingerprint density at radius 2 is 1.88 bits per heavy atom. The van der Waals surface area contributed by atoms with E-state index in [2.05, 4.69) is 5.32 Å². The van der Waals surface area contributed by atoms with Crippen LogP contribution >= 0.6 is 23.2 Å². The monoisotopic (exact) mass is 386 g/mol. The molecule has 8 heteroatoms. The van der Waals surface area contributed by atoms with Gasteiger partial charge in [-0.3, -0.25) is 9.10 Å². The Labute approximate surface area is 151 Å². The first-order valence-electron chi connectivity index (χ1n) is 7.06. The Kier molecular flexibility index (Phi) is 5.74. The van der Waals surface area contributed by atoms with Crippen molar-refractivity contribution in [3.63, 3.8) is 0 Å². The molecule has 0 saturated carbocycles. The van der Waals surface area contributed by atoms with Crippen LogP contribution in [0.25, 0.3) is 0 Å². The van der Waals surface area contributed by atoms with E-state index >= 15 is 0 Å². The van der Waals surface area contributed by atoms with Crippen molar-refractivity contribution >= 4 is 50.5 Å². The Hall–Kier alpha value is -1.76. The summed E-state index contributed by atoms with van der Waals surface area (Å²) in [6.45, 7) is 1.96. The van der Waals surface area contributed by atoms with Crippen molar-refractivity contribution in [3.05, 3.63) is 58.1 Å². The molecule has 0 bridgehead atoms. The maximum absolute atomic E-state index is 12.5. The van der Waals surface area contributed by atoms with Crippen molar-refractivity contribution in [2.45, 2.75) is 6.92 Å². The van der Waals surface area contributed by atoms with E-state index in [0.717, 1.165) is 6.26 Å². The molecular formula is C16H16Cl2N2O3S. The van der Waals surface area contributed by atoms with Crippen LogP contribution in [0.1, 0.15) is 17.3 Å². The molecule has 2 aromatic rings. The topological polar surface area (TPSA) is 66.5 Å². The number of amides is 1. The summed E-state index contributed by atoms with van der Waals surface area (Å²) in [5.74, 6) is -0.450. The van der Waals surface area contributed by atoms with E-state index in [1.165, 1.54) is 16.4 Å². The summed E-state index contributed by atoms with van der Waals surface area (Å²) in [6, 6.07) is 11.2. The molecular weight excluding hydrogens is 371 g/mol. The number of carbonyl (C=O) groups excluding carboxylic acids is 1. The lowest BCUT2D eigenvalue weighted by molar-refractivity contribution is 0.102. The molecule has 2 rings (SSSR count). The zero-order valence-electron chi connectivity index (χ0n) is 13.1. The van der Waals surface area contributed by atoms with Crippen molar-refractivity contribution in [2.75, 3.05) is 22.4 Å². The Morgan fingerprint density at radius 1 is 1.17 bits per heavy atom. The summed E-state index contributed by atoms with van der Waals surface area (Å²) in [5, 5.41) is 3.40. The highest BCUT2D eigenvalue weighted by Crippen LogP contribution is 2.26. The van der Waals surface area contributed by atoms with Crippen LogP contribution in [-0.2, 0) is 10.0 Å². The smallest absolute Gasteiger partial charge is 0.257 e. The second-order valence-electron chi connectivity index (χ2n) is 5.06. The van der Waals surface area contributed by atoms with E-state index in [1.54, 1.807) is 37.3 Å². The SMILES string of the molecule is CCN(c1ccc(Cl)c(C(=O)Nc2cccc(Cl)c2)c1)S(C)(=O)=O. The fourth-order valence-electron chi connectivity index (χ4n) is 2.22. The highest BCUT2D eigenvalue weighted by molar-refractivity contribution is 7.92. The second-order valence-corrected chi connectivity index (χ2v) is 7.81. The third kappa shape index (κ3) is 4.41. The van der Waals surface area contributed by atoms with E-state index in [4.69, 9.17) is 23.2 Å². The third-order valence-electron chi connectivity index (χ3n) is 3.25. The van der Waals surface area contributed by atoms with Crippen LogP contribution in [0.3, 0.4) is 0 Å². The molecule has 0 fully saturated rings. The molecule has 0 saturated heterocycles. The van der Waals surface area contributed by atoms with Crippen LogP contribution in [0.5, 0.6) is 0 Å². The van der Waals surface area contributed by atoms with Crippen LogP contribution < -0.4 is 9.62 Å². The van der Waals surface area contributed by atoms with E-state index in [-0.39, 0.29) is 17.1 Å². The van der Waals surface area contributed by atoms with Gasteiger partial charge in [0.1, 0.15) is 0 Å². The van der Waals surface area contributed by atoms with E-state index in [9.17, 15) is 13.2 Å². The zero-order valence-corrected chi connectivity index (χ0v) is 15.4. The first-order chi connectivity index (χ1) is 11.2. The predicted octanol–water partition coefficient (Wildman–Crippen LogP) is 4.03. The largest absolute Gasteiger partial charge is 0.322 e. The van der Waals surface area contributed by atoms with Gasteiger partial charge in [0.25, 0.3) is 5.91 Å². The molecule has 2 aromatic carbocycles. The van der Waals surface area contributed by atoms with E-state index in [0.29, 0.717) is 16.4 Å². The van der Waals surface area contributed by atoms with Crippen LogP contribution in [0.15, 0.2) is 42.5 Å². The Bertz CT molecular complexity index is 869. The molecule has 0 aliphatic heterocycles. The van der Waals surface area contributed by atoms with Gasteiger partial charge < -0.3 is 5.32 Å². The number of rotatable bonds is 5. The van der Waals surface area contributed by atoms with Gasteiger partial charge >= 0.3 is 0 Å². The van der Waals surface area contributed by atoms with Gasteiger partial charge in [-0.1, -0.05) is 29.3 Å². The van der Waals surface area contributed by atoms with Gasteiger partial charge in [-0.05, 0) is 43.3 Å². The lowest BCUT2D eigenvalue weighted by Gasteiger charge is -2.21. The molecule has 1 amide bonds. The van der Waals surface area contributed by atoms with Gasteiger partial charge in [0.05, 0.1) is 22.5 Å². The summed E-state index contributed by atoms with van der Waals surface area (Å²) < 4.78 is 24.9. The predicted molar refractivity (Wildman–Crippen MR) is 98.7 cm³/mol. The molecule has 0 radical (unpaired) electrons. The van der Waals surface area contributed by atoms with Gasteiger partial charge in [0.15, 0.2) is 0 Å². The minimum atomic E-state index is -3.45. The van der Waals surface area contributed by atoms with Crippen molar-refractivity contribution < 1.29 is 13.2 Å². The Morgan fingerprint density at radius 3 is 2.46 bits per heavy atom. The van der Waals surface area contributed by atoms with Gasteiger partial charge in [-0.25, -0.2) is 8.42 Å². The third-order valence-corrected chi connectivity index (χ3v) is 5.09. The number of halogens is 2. The first kappa shape index (κ1) is 18.6. The molecule has 24 heavy (non-hydrogen) atoms. The molecule has 0 spiro atoms. The second kappa shape index (κ2) is 7.42. The number of sulfonamides is 1. The number of nitrogens with zero attached hydrogens (tertiary/aromatic N) is 1. The van der Waals surface area contributed by atoms with Gasteiger partial charge in [-0.2, -0.15) is 0 Å². The summed E-state index contributed by atoms with van der Waals surface area (Å²) in [6.07, 6.45) is 1.11. The average Bonchev–Trinajstić information content (AvgIpc) is 2.48. The van der Waals surface area contributed by atoms with Gasteiger partial charge in [0, 0.05) is 17.3 Å². The fraction of sp³-hybridized carbons (Fsp3) is 0.188. The number of hydrogen-bond acceptors (Lipinski definition) is 3. The van der Waals surface area contributed by atoms with Crippen molar-refractivity contribution in [1.29, 1.82) is 0 Å². The quantitative estimate of drug-likeness (QED) is 0.842. The number of nitrogens with one attached hydrogen (secondary N) is 1. The fourth-order valence-corrected chi connectivity index (χ4v) is 3.57. The molecule has 0 unspecified atom stereocenters. The summed E-state index contributed by atoms with van der Waals surface area (Å²) >= 11 is 12.0. The molecule has 5 nitrogen and oxygen atoms in total. The molecule has 0 aliphatic rings. The molecule has 0 aromatic heterocycles. The lowest BCUT2D eigenvalue weighted by Crippen LogP contribution is -2.29. The summed E-state index contributed by atoms with van der Waals surface area (Å²) in [4.78, 5) is 12.5. The molecule has 0 heterocycles. The summed E-state index contributed by atoms with van der Waals surface area (Å²) in [5.41, 5.74) is 1.07. The van der Waals surface area contributed by atoms with Gasteiger partial charge in [0.2, 0.25) is 10.0 Å². The molecule has 0 atom stereocenters. The molecule has 1 N–H and O–H groups in total.